The van der Waals surface area contributed by atoms with E-state index in [-0.39, 0.29) is 25.8 Å². The van der Waals surface area contributed by atoms with Crippen LogP contribution in [0.3, 0.4) is 0 Å². The van der Waals surface area contributed by atoms with Crippen LogP contribution < -0.4 is 4.89 Å². The predicted octanol–water partition coefficient (Wildman–Crippen LogP) is 14.3. The predicted molar refractivity (Wildman–Crippen MR) is 250 cm³/mol. The molecule has 0 aliphatic carbocycles. The maximum Gasteiger partial charge on any atom is 0.306 e. The van der Waals surface area contributed by atoms with Gasteiger partial charge >= 0.3 is 5.97 Å². The van der Waals surface area contributed by atoms with Crippen molar-refractivity contribution in [3.8, 4) is 0 Å². The third-order valence-corrected chi connectivity index (χ3v) is 11.7. The molecule has 0 bridgehead atoms. The summed E-state index contributed by atoms with van der Waals surface area (Å²) in [6.45, 7) is 5.31. The number of quaternary nitrogens is 1. The van der Waals surface area contributed by atoms with Crippen molar-refractivity contribution < 1.29 is 37.3 Å². The van der Waals surface area contributed by atoms with Crippen LogP contribution in [-0.2, 0) is 27.9 Å². The molecule has 2 atom stereocenters. The number of esters is 1. The standard InChI is InChI=1S/C50H96NO7P/c1-6-8-10-12-14-16-18-20-22-23-24-25-26-27-28-30-32-34-36-38-40-42-45-55-47-49(48-57-59(53,54)56-46-44-51(3,4)5)58-50(52)43-41-39-37-35-33-31-29-21-19-17-15-13-11-9-7-2/h9,11,15,17,21,29,49H,6-8,10,12-14,16,18-20,22-28,30-48H2,1-5H3/b11-9-,17-15-,29-21-/t49-/m1/s1. The van der Waals surface area contributed by atoms with Gasteiger partial charge in [-0.1, -0.05) is 204 Å². The summed E-state index contributed by atoms with van der Waals surface area (Å²) in [5, 5.41) is 0. The van der Waals surface area contributed by atoms with Gasteiger partial charge in [0.2, 0.25) is 0 Å². The van der Waals surface area contributed by atoms with Crippen LogP contribution in [0.2, 0.25) is 0 Å². The van der Waals surface area contributed by atoms with Gasteiger partial charge in [-0.3, -0.25) is 9.36 Å². The Morgan fingerprint density at radius 2 is 0.983 bits per heavy atom. The van der Waals surface area contributed by atoms with Crippen molar-refractivity contribution >= 4 is 13.8 Å². The molecular formula is C50H96NO7P. The van der Waals surface area contributed by atoms with Crippen molar-refractivity contribution in [3.63, 3.8) is 0 Å². The summed E-state index contributed by atoms with van der Waals surface area (Å²) in [5.41, 5.74) is 0. The first-order valence-corrected chi connectivity index (χ1v) is 26.2. The van der Waals surface area contributed by atoms with E-state index in [4.69, 9.17) is 18.5 Å². The molecule has 9 heteroatoms. The van der Waals surface area contributed by atoms with Gasteiger partial charge in [0, 0.05) is 13.0 Å². The number of hydrogen-bond donors (Lipinski definition) is 0. The molecule has 0 saturated heterocycles. The Kier molecular flexibility index (Phi) is 42.4. The van der Waals surface area contributed by atoms with E-state index in [0.717, 1.165) is 70.6 Å². The molecule has 0 saturated carbocycles. The van der Waals surface area contributed by atoms with Crippen molar-refractivity contribution in [2.75, 3.05) is 54.1 Å². The second kappa shape index (κ2) is 43.4. The maximum atomic E-state index is 12.7. The van der Waals surface area contributed by atoms with Crippen molar-refractivity contribution in [2.45, 2.75) is 225 Å². The first-order valence-electron chi connectivity index (χ1n) is 24.7. The number of allylic oxidation sites excluding steroid dienone is 6. The monoisotopic (exact) mass is 854 g/mol. The lowest BCUT2D eigenvalue weighted by molar-refractivity contribution is -0.870. The van der Waals surface area contributed by atoms with Gasteiger partial charge in [0.15, 0.2) is 0 Å². The van der Waals surface area contributed by atoms with E-state index in [0.29, 0.717) is 24.1 Å². The molecule has 0 aromatic carbocycles. The molecule has 348 valence electrons. The zero-order valence-electron chi connectivity index (χ0n) is 39.5. The largest absolute Gasteiger partial charge is 0.756 e. The summed E-state index contributed by atoms with van der Waals surface area (Å²) in [6, 6.07) is 0. The molecule has 0 aromatic rings. The van der Waals surface area contributed by atoms with Crippen molar-refractivity contribution in [3.05, 3.63) is 36.5 Å². The highest BCUT2D eigenvalue weighted by molar-refractivity contribution is 7.45. The van der Waals surface area contributed by atoms with Crippen LogP contribution in [0.5, 0.6) is 0 Å². The zero-order chi connectivity index (χ0) is 43.4. The Balaban J connectivity index is 4.11. The van der Waals surface area contributed by atoms with Crippen molar-refractivity contribution in [1.82, 2.24) is 0 Å². The Bertz CT molecular complexity index is 1040. The average Bonchev–Trinajstić information content (AvgIpc) is 3.19. The average molecular weight is 854 g/mol. The van der Waals surface area contributed by atoms with Crippen LogP contribution in [0.15, 0.2) is 36.5 Å². The summed E-state index contributed by atoms with van der Waals surface area (Å²) in [5.74, 6) is -0.348. The minimum atomic E-state index is -4.53. The Morgan fingerprint density at radius 1 is 0.542 bits per heavy atom. The lowest BCUT2D eigenvalue weighted by Gasteiger charge is -2.28. The molecule has 0 N–H and O–H groups in total. The number of likely N-dealkylation sites (N-methyl/N-ethyl adjacent to an activating group) is 1. The van der Waals surface area contributed by atoms with Gasteiger partial charge in [-0.2, -0.15) is 0 Å². The minimum absolute atomic E-state index is 0.0234. The SMILES string of the molecule is CC/C=C\C/C=C\C/C=C\CCCCCCCC(=O)O[C@H](COCCCCCCCCCCCCCCCCCCCCCCCC)COP(=O)([O-])OCC[N+](C)(C)C. The molecule has 0 amide bonds. The Labute approximate surface area is 365 Å². The molecular weight excluding hydrogens is 758 g/mol. The number of unbranched alkanes of at least 4 members (excludes halogenated alkanes) is 26. The smallest absolute Gasteiger partial charge is 0.306 e. The fourth-order valence-electron chi connectivity index (χ4n) is 6.92. The van der Waals surface area contributed by atoms with Crippen LogP contribution >= 0.6 is 7.82 Å². The summed E-state index contributed by atoms with van der Waals surface area (Å²) < 4.78 is 34.7. The highest BCUT2D eigenvalue weighted by Gasteiger charge is 2.20. The van der Waals surface area contributed by atoms with Crippen molar-refractivity contribution in [2.24, 2.45) is 0 Å². The number of phosphoric ester groups is 1. The fraction of sp³-hybridized carbons (Fsp3) is 0.860. The second-order valence-electron chi connectivity index (χ2n) is 17.8. The quantitative estimate of drug-likeness (QED) is 0.0198. The topological polar surface area (TPSA) is 94.1 Å². The first-order chi connectivity index (χ1) is 28.6. The summed E-state index contributed by atoms with van der Waals surface area (Å²) in [4.78, 5) is 25.1. The molecule has 1 unspecified atom stereocenters. The van der Waals surface area contributed by atoms with Gasteiger partial charge < -0.3 is 27.9 Å². The van der Waals surface area contributed by atoms with E-state index >= 15 is 0 Å². The maximum absolute atomic E-state index is 12.7. The molecule has 0 aromatic heterocycles. The van der Waals surface area contributed by atoms with Crippen LogP contribution in [0.4, 0.5) is 0 Å². The number of rotatable bonds is 46. The molecule has 0 spiro atoms. The molecule has 8 nitrogen and oxygen atoms in total. The van der Waals surface area contributed by atoms with E-state index < -0.39 is 13.9 Å². The van der Waals surface area contributed by atoms with Crippen LogP contribution in [0.1, 0.15) is 219 Å². The molecule has 0 fully saturated rings. The first kappa shape index (κ1) is 57.7. The lowest BCUT2D eigenvalue weighted by atomic mass is 10.0. The normalized spacial score (nSPS) is 13.9. The number of nitrogens with zero attached hydrogens (tertiary/aromatic N) is 1. The van der Waals surface area contributed by atoms with Crippen LogP contribution in [0, 0.1) is 0 Å². The van der Waals surface area contributed by atoms with Gasteiger partial charge in [0.05, 0.1) is 34.4 Å². The van der Waals surface area contributed by atoms with Gasteiger partial charge in [0.25, 0.3) is 7.82 Å². The van der Waals surface area contributed by atoms with E-state index in [1.807, 2.05) is 21.1 Å². The molecule has 0 radical (unpaired) electrons. The molecule has 0 rings (SSSR count). The Morgan fingerprint density at radius 3 is 1.47 bits per heavy atom. The highest BCUT2D eigenvalue weighted by atomic mass is 31.2. The molecule has 0 heterocycles. The third-order valence-electron chi connectivity index (χ3n) is 10.7. The van der Waals surface area contributed by atoms with E-state index in [1.54, 1.807) is 0 Å². The number of phosphoric acid groups is 1. The second-order valence-corrected chi connectivity index (χ2v) is 19.2. The van der Waals surface area contributed by atoms with E-state index in [1.165, 1.54) is 128 Å². The van der Waals surface area contributed by atoms with E-state index in [2.05, 4.69) is 50.3 Å². The number of ether oxygens (including phenoxy) is 2. The highest BCUT2D eigenvalue weighted by Crippen LogP contribution is 2.38. The number of carbonyl (C=O) groups is 1. The van der Waals surface area contributed by atoms with Crippen molar-refractivity contribution in [1.29, 1.82) is 0 Å². The van der Waals surface area contributed by atoms with Gasteiger partial charge in [-0.25, -0.2) is 0 Å². The number of carbonyl (C=O) groups excluding carboxylic acids is 1. The zero-order valence-corrected chi connectivity index (χ0v) is 40.4. The molecule has 0 aliphatic rings. The van der Waals surface area contributed by atoms with Crippen LogP contribution in [0.25, 0.3) is 0 Å². The summed E-state index contributed by atoms with van der Waals surface area (Å²) in [7, 11) is 1.35. The summed E-state index contributed by atoms with van der Waals surface area (Å²) in [6.07, 6.45) is 51.7. The van der Waals surface area contributed by atoms with Crippen LogP contribution in [-0.4, -0.2) is 70.7 Å². The third kappa shape index (κ3) is 47.6. The van der Waals surface area contributed by atoms with Gasteiger partial charge in [0.1, 0.15) is 19.3 Å². The molecule has 59 heavy (non-hydrogen) atoms. The van der Waals surface area contributed by atoms with Gasteiger partial charge in [-0.15, -0.1) is 0 Å². The van der Waals surface area contributed by atoms with E-state index in [9.17, 15) is 14.3 Å². The summed E-state index contributed by atoms with van der Waals surface area (Å²) >= 11 is 0. The molecule has 0 aliphatic heterocycles. The Hall–Kier alpha value is -1.28. The minimum Gasteiger partial charge on any atom is -0.756 e. The van der Waals surface area contributed by atoms with Gasteiger partial charge in [-0.05, 0) is 44.9 Å². The number of hydrogen-bond acceptors (Lipinski definition) is 7. The fourth-order valence-corrected chi connectivity index (χ4v) is 7.64. The lowest BCUT2D eigenvalue weighted by Crippen LogP contribution is -2.37.